The zero-order valence-corrected chi connectivity index (χ0v) is 8.76. The lowest BCUT2D eigenvalue weighted by Crippen LogP contribution is -2.18. The van der Waals surface area contributed by atoms with Crippen LogP contribution in [-0.2, 0) is 0 Å². The molecule has 2 bridgehead atoms. The molecule has 0 amide bonds. The molecule has 1 heterocycles. The van der Waals surface area contributed by atoms with Crippen molar-refractivity contribution in [3.63, 3.8) is 0 Å². The molecule has 0 unspecified atom stereocenters. The van der Waals surface area contributed by atoms with E-state index >= 15 is 0 Å². The second-order valence-electron chi connectivity index (χ2n) is 4.66. The Kier molecular flexibility index (Phi) is 2.20. The number of nitrogens with one attached hydrogen (secondary N) is 1. The third kappa shape index (κ3) is 1.76. The van der Waals surface area contributed by atoms with E-state index in [-0.39, 0.29) is 0 Å². The smallest absolute Gasteiger partial charge is 0.0526 e. The van der Waals surface area contributed by atoms with Crippen LogP contribution in [0, 0.1) is 17.8 Å². The van der Waals surface area contributed by atoms with Gasteiger partial charge in [-0.05, 0) is 42.7 Å². The lowest BCUT2D eigenvalue weighted by molar-refractivity contribution is 0.472. The molecule has 1 aromatic heterocycles. The minimum Gasteiger partial charge on any atom is -0.384 e. The average Bonchev–Trinajstić information content (AvgIpc) is 2.89. The minimum absolute atomic E-state index is 0.833. The number of rotatable bonds is 3. The molecule has 1 N–H and O–H groups in total. The number of allylic oxidation sites excluding steroid dienone is 2. The molecule has 2 heteroatoms. The summed E-state index contributed by atoms with van der Waals surface area (Å²) in [6, 6.07) is 4.05. The number of fused-ring (bicyclic) bond motifs is 2. The molecule has 2 aliphatic rings. The van der Waals surface area contributed by atoms with E-state index in [1.165, 1.54) is 12.8 Å². The Morgan fingerprint density at radius 2 is 2.33 bits per heavy atom. The molecule has 0 spiro atoms. The van der Waals surface area contributed by atoms with Crippen LogP contribution >= 0.6 is 0 Å². The maximum Gasteiger partial charge on any atom is 0.0526 e. The van der Waals surface area contributed by atoms with Crippen molar-refractivity contribution in [1.82, 2.24) is 4.98 Å². The van der Waals surface area contributed by atoms with Gasteiger partial charge in [-0.1, -0.05) is 12.2 Å². The van der Waals surface area contributed by atoms with Crippen molar-refractivity contribution in [1.29, 1.82) is 0 Å². The van der Waals surface area contributed by atoms with Crippen LogP contribution in [0.4, 0.5) is 5.69 Å². The molecule has 0 aromatic carbocycles. The van der Waals surface area contributed by atoms with E-state index in [1.807, 2.05) is 18.5 Å². The average molecular weight is 200 g/mol. The molecule has 1 saturated carbocycles. The largest absolute Gasteiger partial charge is 0.384 e. The molecule has 2 nitrogen and oxygen atoms in total. The summed E-state index contributed by atoms with van der Waals surface area (Å²) < 4.78 is 0. The first-order chi connectivity index (χ1) is 7.42. The summed E-state index contributed by atoms with van der Waals surface area (Å²) in [7, 11) is 0. The van der Waals surface area contributed by atoms with Crippen LogP contribution in [0.5, 0.6) is 0 Å². The summed E-state index contributed by atoms with van der Waals surface area (Å²) in [4.78, 5) is 4.10. The van der Waals surface area contributed by atoms with Crippen LogP contribution in [0.15, 0.2) is 36.7 Å². The summed E-state index contributed by atoms with van der Waals surface area (Å²) in [5, 5.41) is 3.48. The fourth-order valence-electron chi connectivity index (χ4n) is 2.85. The quantitative estimate of drug-likeness (QED) is 0.759. The molecular weight excluding hydrogens is 184 g/mol. The van der Waals surface area contributed by atoms with Crippen LogP contribution in [0.3, 0.4) is 0 Å². The fraction of sp³-hybridized carbons (Fsp3) is 0.462. The van der Waals surface area contributed by atoms with Gasteiger partial charge in [0.05, 0.1) is 5.69 Å². The Bertz CT molecular complexity index is 358. The van der Waals surface area contributed by atoms with Crippen LogP contribution < -0.4 is 5.32 Å². The highest BCUT2D eigenvalue weighted by Crippen LogP contribution is 2.43. The molecule has 3 rings (SSSR count). The van der Waals surface area contributed by atoms with Crippen molar-refractivity contribution in [3.05, 3.63) is 36.7 Å². The van der Waals surface area contributed by atoms with Crippen molar-refractivity contribution in [2.75, 3.05) is 11.9 Å². The lowest BCUT2D eigenvalue weighted by atomic mass is 9.93. The maximum absolute atomic E-state index is 4.10. The summed E-state index contributed by atoms with van der Waals surface area (Å²) in [5.74, 6) is 2.54. The highest BCUT2D eigenvalue weighted by Gasteiger charge is 2.35. The van der Waals surface area contributed by atoms with Gasteiger partial charge in [-0.15, -0.1) is 0 Å². The molecule has 0 aliphatic heterocycles. The molecule has 1 aromatic rings. The van der Waals surface area contributed by atoms with Gasteiger partial charge in [0.1, 0.15) is 0 Å². The fourth-order valence-corrected chi connectivity index (χ4v) is 2.85. The zero-order valence-electron chi connectivity index (χ0n) is 8.76. The number of hydrogen-bond acceptors (Lipinski definition) is 2. The standard InChI is InChI=1S/C13H16N2/c1-2-13(9-14-5-1)15-8-12-7-10-3-4-11(12)6-10/h1-5,9-12,15H,6-8H2/t10-,11+,12+/m1/s1. The summed E-state index contributed by atoms with van der Waals surface area (Å²) in [5.41, 5.74) is 1.14. The van der Waals surface area contributed by atoms with Crippen molar-refractivity contribution < 1.29 is 0 Å². The number of pyridine rings is 1. The predicted molar refractivity (Wildman–Crippen MR) is 61.6 cm³/mol. The first kappa shape index (κ1) is 8.96. The summed E-state index contributed by atoms with van der Waals surface area (Å²) in [6.45, 7) is 1.09. The Morgan fingerprint density at radius 3 is 3.00 bits per heavy atom. The van der Waals surface area contributed by atoms with Gasteiger partial charge in [0.15, 0.2) is 0 Å². The second-order valence-corrected chi connectivity index (χ2v) is 4.66. The molecule has 3 atom stereocenters. The van der Waals surface area contributed by atoms with Crippen LogP contribution in [0.1, 0.15) is 12.8 Å². The Hall–Kier alpha value is -1.31. The normalized spacial score (nSPS) is 32.1. The number of hydrogen-bond donors (Lipinski definition) is 1. The highest BCUT2D eigenvalue weighted by atomic mass is 14.9. The van der Waals surface area contributed by atoms with Crippen LogP contribution in [0.2, 0.25) is 0 Å². The first-order valence-electron chi connectivity index (χ1n) is 5.74. The number of aromatic nitrogens is 1. The van der Waals surface area contributed by atoms with E-state index in [2.05, 4.69) is 28.5 Å². The Labute approximate surface area is 90.4 Å². The monoisotopic (exact) mass is 200 g/mol. The van der Waals surface area contributed by atoms with Gasteiger partial charge in [-0.3, -0.25) is 4.98 Å². The molecule has 0 radical (unpaired) electrons. The third-order valence-electron chi connectivity index (χ3n) is 3.65. The predicted octanol–water partition coefficient (Wildman–Crippen LogP) is 2.71. The van der Waals surface area contributed by atoms with Crippen molar-refractivity contribution in [2.45, 2.75) is 12.8 Å². The maximum atomic E-state index is 4.10. The van der Waals surface area contributed by atoms with Crippen LogP contribution in [-0.4, -0.2) is 11.5 Å². The van der Waals surface area contributed by atoms with Crippen molar-refractivity contribution >= 4 is 5.69 Å². The summed E-state index contributed by atoms with van der Waals surface area (Å²) >= 11 is 0. The van der Waals surface area contributed by atoms with Gasteiger partial charge in [-0.25, -0.2) is 0 Å². The first-order valence-corrected chi connectivity index (χ1v) is 5.74. The van der Waals surface area contributed by atoms with Gasteiger partial charge < -0.3 is 5.32 Å². The zero-order chi connectivity index (χ0) is 10.1. The van der Waals surface area contributed by atoms with Gasteiger partial charge in [0, 0.05) is 18.9 Å². The van der Waals surface area contributed by atoms with E-state index in [4.69, 9.17) is 0 Å². The number of nitrogens with zero attached hydrogens (tertiary/aromatic N) is 1. The topological polar surface area (TPSA) is 24.9 Å². The van der Waals surface area contributed by atoms with Crippen LogP contribution in [0.25, 0.3) is 0 Å². The molecule has 15 heavy (non-hydrogen) atoms. The van der Waals surface area contributed by atoms with Gasteiger partial charge in [0.25, 0.3) is 0 Å². The van der Waals surface area contributed by atoms with Crippen molar-refractivity contribution in [2.24, 2.45) is 17.8 Å². The van der Waals surface area contributed by atoms with E-state index in [0.717, 1.165) is 30.0 Å². The van der Waals surface area contributed by atoms with Gasteiger partial charge >= 0.3 is 0 Å². The Morgan fingerprint density at radius 1 is 1.33 bits per heavy atom. The van der Waals surface area contributed by atoms with Crippen molar-refractivity contribution in [3.8, 4) is 0 Å². The highest BCUT2D eigenvalue weighted by molar-refractivity contribution is 5.39. The molecule has 2 aliphatic carbocycles. The van der Waals surface area contributed by atoms with E-state index in [0.29, 0.717) is 0 Å². The van der Waals surface area contributed by atoms with E-state index in [1.54, 1.807) is 0 Å². The van der Waals surface area contributed by atoms with Gasteiger partial charge in [-0.2, -0.15) is 0 Å². The van der Waals surface area contributed by atoms with E-state index < -0.39 is 0 Å². The lowest BCUT2D eigenvalue weighted by Gasteiger charge is -2.18. The van der Waals surface area contributed by atoms with Gasteiger partial charge in [0.2, 0.25) is 0 Å². The molecular formula is C13H16N2. The molecule has 1 fully saturated rings. The Balaban J connectivity index is 1.57. The minimum atomic E-state index is 0.833. The third-order valence-corrected chi connectivity index (χ3v) is 3.65. The number of anilines is 1. The second kappa shape index (κ2) is 3.69. The SMILES string of the molecule is C1=C[C@H]2C[C@@H]1C[C@H]2CNc1cccnc1. The molecule has 78 valence electrons. The van der Waals surface area contributed by atoms with E-state index in [9.17, 15) is 0 Å². The summed E-state index contributed by atoms with van der Waals surface area (Å²) in [6.07, 6.45) is 11.3. The molecule has 0 saturated heterocycles.